The van der Waals surface area contributed by atoms with E-state index >= 15 is 0 Å². The molecular weight excluding hydrogens is 426 g/mol. The van der Waals surface area contributed by atoms with Crippen LogP contribution in [0.1, 0.15) is 17.5 Å². The fraction of sp³-hybridized carbons (Fsp3) is 0.318. The fourth-order valence-electron chi connectivity index (χ4n) is 3.25. The molecule has 9 heteroatoms. The first-order valence-electron chi connectivity index (χ1n) is 9.84. The van der Waals surface area contributed by atoms with Gasteiger partial charge in [0.05, 0.1) is 4.90 Å². The Morgan fingerprint density at radius 2 is 1.68 bits per heavy atom. The standard InChI is InChI=1S/C22H24F2N2O4S/c1-17-3-10-20(11-4-17)31(28,29)26-14-2-13-25(15-16-26)21(27)12-7-18-5-8-19(9-6-18)30-22(23)24/h3-12,22H,2,13-16H2,1H3/b12-7+. The Labute approximate surface area is 180 Å². The number of carbonyl (C=O) groups excluding carboxylic acids is 1. The number of amides is 1. The van der Waals surface area contributed by atoms with Crippen molar-refractivity contribution in [3.63, 3.8) is 0 Å². The number of hydrogen-bond donors (Lipinski definition) is 0. The predicted octanol–water partition coefficient (Wildman–Crippen LogP) is 3.53. The second-order valence-electron chi connectivity index (χ2n) is 7.18. The lowest BCUT2D eigenvalue weighted by Crippen LogP contribution is -2.36. The Hall–Kier alpha value is -2.78. The van der Waals surface area contributed by atoms with Gasteiger partial charge in [-0.05, 0) is 49.2 Å². The lowest BCUT2D eigenvalue weighted by Gasteiger charge is -2.21. The molecule has 1 amide bonds. The highest BCUT2D eigenvalue weighted by Gasteiger charge is 2.27. The minimum absolute atomic E-state index is 0.0425. The molecule has 0 spiro atoms. The number of rotatable bonds is 6. The van der Waals surface area contributed by atoms with E-state index in [1.54, 1.807) is 47.4 Å². The smallest absolute Gasteiger partial charge is 0.387 e. The minimum Gasteiger partial charge on any atom is -0.435 e. The van der Waals surface area contributed by atoms with Crippen LogP contribution in [0.5, 0.6) is 5.75 Å². The zero-order valence-electron chi connectivity index (χ0n) is 17.1. The highest BCUT2D eigenvalue weighted by Crippen LogP contribution is 2.19. The molecule has 6 nitrogen and oxygen atoms in total. The highest BCUT2D eigenvalue weighted by atomic mass is 32.2. The summed E-state index contributed by atoms with van der Waals surface area (Å²) in [7, 11) is -3.61. The van der Waals surface area contributed by atoms with Crippen molar-refractivity contribution in [3.8, 4) is 5.75 Å². The van der Waals surface area contributed by atoms with E-state index in [9.17, 15) is 22.0 Å². The molecule has 0 saturated carbocycles. The molecule has 0 N–H and O–H groups in total. The first-order chi connectivity index (χ1) is 14.8. The molecule has 166 valence electrons. The summed E-state index contributed by atoms with van der Waals surface area (Å²) in [6.07, 6.45) is 3.51. The minimum atomic E-state index is -3.61. The summed E-state index contributed by atoms with van der Waals surface area (Å²) < 4.78 is 55.9. The van der Waals surface area contributed by atoms with Gasteiger partial charge < -0.3 is 9.64 Å². The molecule has 0 radical (unpaired) electrons. The third kappa shape index (κ3) is 6.11. The summed E-state index contributed by atoms with van der Waals surface area (Å²) >= 11 is 0. The van der Waals surface area contributed by atoms with Gasteiger partial charge in [0.1, 0.15) is 5.75 Å². The van der Waals surface area contributed by atoms with E-state index in [1.165, 1.54) is 22.5 Å². The van der Waals surface area contributed by atoms with E-state index in [4.69, 9.17) is 0 Å². The van der Waals surface area contributed by atoms with Crippen molar-refractivity contribution < 1.29 is 26.7 Å². The van der Waals surface area contributed by atoms with Crippen molar-refractivity contribution in [1.29, 1.82) is 0 Å². The third-order valence-corrected chi connectivity index (χ3v) is 6.86. The van der Waals surface area contributed by atoms with Crippen LogP contribution in [-0.2, 0) is 14.8 Å². The lowest BCUT2D eigenvalue weighted by atomic mass is 10.2. The molecule has 0 bridgehead atoms. The summed E-state index contributed by atoms with van der Waals surface area (Å²) in [4.78, 5) is 14.4. The SMILES string of the molecule is Cc1ccc(S(=O)(=O)N2CCCN(C(=O)/C=C/c3ccc(OC(F)F)cc3)CC2)cc1. The van der Waals surface area contributed by atoms with E-state index < -0.39 is 16.6 Å². The number of hydrogen-bond acceptors (Lipinski definition) is 4. The topological polar surface area (TPSA) is 66.9 Å². The van der Waals surface area contributed by atoms with Crippen LogP contribution in [0.2, 0.25) is 0 Å². The number of ether oxygens (including phenoxy) is 1. The second-order valence-corrected chi connectivity index (χ2v) is 9.11. The molecule has 0 aliphatic carbocycles. The van der Waals surface area contributed by atoms with Gasteiger partial charge in [0.25, 0.3) is 0 Å². The van der Waals surface area contributed by atoms with Crippen LogP contribution in [0.15, 0.2) is 59.5 Å². The molecule has 1 fully saturated rings. The second kappa shape index (κ2) is 10.0. The molecule has 1 aliphatic rings. The molecule has 0 unspecified atom stereocenters. The Morgan fingerprint density at radius 1 is 1.00 bits per heavy atom. The van der Waals surface area contributed by atoms with Gasteiger partial charge in [-0.15, -0.1) is 0 Å². The van der Waals surface area contributed by atoms with Crippen molar-refractivity contribution in [1.82, 2.24) is 9.21 Å². The zero-order chi connectivity index (χ0) is 22.4. The van der Waals surface area contributed by atoms with Gasteiger partial charge in [-0.2, -0.15) is 13.1 Å². The number of alkyl halides is 2. The van der Waals surface area contributed by atoms with Crippen molar-refractivity contribution in [2.45, 2.75) is 24.9 Å². The monoisotopic (exact) mass is 450 g/mol. The summed E-state index contributed by atoms with van der Waals surface area (Å²) in [5, 5.41) is 0. The molecule has 2 aromatic rings. The molecule has 0 aromatic heterocycles. The van der Waals surface area contributed by atoms with E-state index in [2.05, 4.69) is 4.74 Å². The molecule has 31 heavy (non-hydrogen) atoms. The number of carbonyl (C=O) groups is 1. The number of aryl methyl sites for hydroxylation is 1. The van der Waals surface area contributed by atoms with Gasteiger partial charge in [0.15, 0.2) is 0 Å². The van der Waals surface area contributed by atoms with Crippen LogP contribution >= 0.6 is 0 Å². The summed E-state index contributed by atoms with van der Waals surface area (Å²) in [5.41, 5.74) is 1.64. The number of sulfonamides is 1. The van der Waals surface area contributed by atoms with Crippen LogP contribution < -0.4 is 4.74 Å². The number of nitrogens with zero attached hydrogens (tertiary/aromatic N) is 2. The van der Waals surface area contributed by atoms with Crippen LogP contribution in [0.25, 0.3) is 6.08 Å². The average molecular weight is 451 g/mol. The third-order valence-electron chi connectivity index (χ3n) is 4.95. The number of halogens is 2. The predicted molar refractivity (Wildman–Crippen MR) is 113 cm³/mol. The van der Waals surface area contributed by atoms with Crippen LogP contribution in [-0.4, -0.2) is 56.3 Å². The van der Waals surface area contributed by atoms with Crippen molar-refractivity contribution in [2.24, 2.45) is 0 Å². The van der Waals surface area contributed by atoms with E-state index in [-0.39, 0.29) is 29.6 Å². The summed E-state index contributed by atoms with van der Waals surface area (Å²) in [5.74, 6) is -0.191. The van der Waals surface area contributed by atoms with Gasteiger partial charge in [0, 0.05) is 32.3 Å². The molecule has 1 aliphatic heterocycles. The van der Waals surface area contributed by atoms with Gasteiger partial charge in [0.2, 0.25) is 15.9 Å². The maximum Gasteiger partial charge on any atom is 0.387 e. The molecule has 2 aromatic carbocycles. The van der Waals surface area contributed by atoms with Crippen molar-refractivity contribution >= 4 is 22.0 Å². The quantitative estimate of drug-likeness (QED) is 0.632. The average Bonchev–Trinajstić information content (AvgIpc) is 3.00. The molecule has 0 atom stereocenters. The van der Waals surface area contributed by atoms with Crippen LogP contribution in [0.3, 0.4) is 0 Å². The first kappa shape index (κ1) is 22.9. The molecule has 1 heterocycles. The summed E-state index contributed by atoms with van der Waals surface area (Å²) in [6, 6.07) is 12.7. The maximum atomic E-state index is 12.9. The Morgan fingerprint density at radius 3 is 2.32 bits per heavy atom. The fourth-order valence-corrected chi connectivity index (χ4v) is 4.72. The molecular formula is C22H24F2N2O4S. The van der Waals surface area contributed by atoms with E-state index in [0.717, 1.165) is 5.56 Å². The number of benzene rings is 2. The first-order valence-corrected chi connectivity index (χ1v) is 11.3. The van der Waals surface area contributed by atoms with Gasteiger partial charge in [-0.25, -0.2) is 8.42 Å². The zero-order valence-corrected chi connectivity index (χ0v) is 17.9. The normalized spacial score (nSPS) is 15.9. The molecule has 3 rings (SSSR count). The van der Waals surface area contributed by atoms with E-state index in [0.29, 0.717) is 25.1 Å². The van der Waals surface area contributed by atoms with Crippen molar-refractivity contribution in [2.75, 3.05) is 26.2 Å². The Kier molecular flexibility index (Phi) is 7.40. The van der Waals surface area contributed by atoms with Gasteiger partial charge >= 0.3 is 6.61 Å². The Bertz CT molecular complexity index is 1020. The van der Waals surface area contributed by atoms with Crippen LogP contribution in [0, 0.1) is 6.92 Å². The highest BCUT2D eigenvalue weighted by molar-refractivity contribution is 7.89. The maximum absolute atomic E-state index is 12.9. The van der Waals surface area contributed by atoms with E-state index in [1.807, 2.05) is 6.92 Å². The van der Waals surface area contributed by atoms with Gasteiger partial charge in [-0.3, -0.25) is 4.79 Å². The summed E-state index contributed by atoms with van der Waals surface area (Å²) in [6.45, 7) is 0.301. The van der Waals surface area contributed by atoms with Crippen LogP contribution in [0.4, 0.5) is 8.78 Å². The Balaban J connectivity index is 1.60. The largest absolute Gasteiger partial charge is 0.435 e. The lowest BCUT2D eigenvalue weighted by molar-refractivity contribution is -0.125. The van der Waals surface area contributed by atoms with Gasteiger partial charge in [-0.1, -0.05) is 29.8 Å². The van der Waals surface area contributed by atoms with Crippen molar-refractivity contribution in [3.05, 3.63) is 65.7 Å². The molecule has 1 saturated heterocycles.